The summed E-state index contributed by atoms with van der Waals surface area (Å²) in [5.74, 6) is 0.971. The molecule has 0 aliphatic carbocycles. The highest BCUT2D eigenvalue weighted by molar-refractivity contribution is 8.00. The average Bonchev–Trinajstić information content (AvgIpc) is 3.00. The van der Waals surface area contributed by atoms with E-state index < -0.39 is 0 Å². The Labute approximate surface area is 106 Å². The zero-order chi connectivity index (χ0) is 12.3. The van der Waals surface area contributed by atoms with Gasteiger partial charge in [0.1, 0.15) is 6.04 Å². The van der Waals surface area contributed by atoms with Crippen LogP contribution >= 0.6 is 11.8 Å². The molecule has 2 fully saturated rings. The Balaban J connectivity index is 1.98. The molecule has 4 nitrogen and oxygen atoms in total. The molecular formula is C12H19NO3S. The topological polar surface area (TPSA) is 46.6 Å². The Morgan fingerprint density at radius 1 is 1.35 bits per heavy atom. The van der Waals surface area contributed by atoms with Crippen molar-refractivity contribution < 1.29 is 14.3 Å². The summed E-state index contributed by atoms with van der Waals surface area (Å²) < 4.78 is 5.03. The molecule has 2 saturated heterocycles. The third-order valence-corrected chi connectivity index (χ3v) is 4.66. The molecule has 0 radical (unpaired) electrons. The van der Waals surface area contributed by atoms with Crippen molar-refractivity contribution in [3.8, 4) is 0 Å². The molecule has 5 heteroatoms. The summed E-state index contributed by atoms with van der Waals surface area (Å²) in [5.41, 5.74) is 0. The maximum atomic E-state index is 12.3. The van der Waals surface area contributed by atoms with Gasteiger partial charge >= 0.3 is 5.97 Å². The predicted octanol–water partition coefficient (Wildman–Crippen LogP) is 1.44. The summed E-state index contributed by atoms with van der Waals surface area (Å²) in [4.78, 5) is 25.8. The number of ether oxygens (including phenoxy) is 1. The zero-order valence-corrected chi connectivity index (χ0v) is 11.0. The molecule has 0 aromatic heterocycles. The molecule has 2 rings (SSSR count). The van der Waals surface area contributed by atoms with E-state index in [1.165, 1.54) is 0 Å². The van der Waals surface area contributed by atoms with Crippen LogP contribution in [-0.2, 0) is 14.3 Å². The molecule has 0 aromatic carbocycles. The van der Waals surface area contributed by atoms with E-state index in [0.29, 0.717) is 13.2 Å². The van der Waals surface area contributed by atoms with Crippen LogP contribution in [0.2, 0.25) is 0 Å². The lowest BCUT2D eigenvalue weighted by atomic mass is 10.2. The third-order valence-electron chi connectivity index (χ3n) is 3.30. The number of hydrogen-bond donors (Lipinski definition) is 0. The predicted molar refractivity (Wildman–Crippen MR) is 66.8 cm³/mol. The van der Waals surface area contributed by atoms with Gasteiger partial charge in [0.25, 0.3) is 0 Å². The Morgan fingerprint density at radius 2 is 2.18 bits per heavy atom. The number of rotatable bonds is 3. The van der Waals surface area contributed by atoms with Gasteiger partial charge in [-0.05, 0) is 38.4 Å². The number of esters is 1. The van der Waals surface area contributed by atoms with Crippen LogP contribution in [-0.4, -0.2) is 47.0 Å². The normalized spacial score (nSPS) is 28.4. The summed E-state index contributed by atoms with van der Waals surface area (Å²) in [6.07, 6.45) is 3.73. The summed E-state index contributed by atoms with van der Waals surface area (Å²) >= 11 is 1.72. The van der Waals surface area contributed by atoms with Crippen molar-refractivity contribution in [2.45, 2.75) is 43.9 Å². The molecule has 0 saturated carbocycles. The van der Waals surface area contributed by atoms with Gasteiger partial charge in [-0.25, -0.2) is 4.79 Å². The fourth-order valence-electron chi connectivity index (χ4n) is 2.47. The molecule has 96 valence electrons. The second kappa shape index (κ2) is 5.76. The van der Waals surface area contributed by atoms with E-state index in [-0.39, 0.29) is 23.2 Å². The number of amides is 1. The highest BCUT2D eigenvalue weighted by Gasteiger charge is 2.38. The molecule has 0 spiro atoms. The van der Waals surface area contributed by atoms with Crippen molar-refractivity contribution in [1.82, 2.24) is 4.90 Å². The van der Waals surface area contributed by atoms with E-state index >= 15 is 0 Å². The van der Waals surface area contributed by atoms with Gasteiger partial charge in [0.05, 0.1) is 11.9 Å². The van der Waals surface area contributed by atoms with Crippen molar-refractivity contribution in [3.05, 3.63) is 0 Å². The van der Waals surface area contributed by atoms with E-state index in [4.69, 9.17) is 4.74 Å². The van der Waals surface area contributed by atoms with Crippen LogP contribution in [0.25, 0.3) is 0 Å². The van der Waals surface area contributed by atoms with E-state index in [1.54, 1.807) is 23.6 Å². The van der Waals surface area contributed by atoms with Crippen LogP contribution < -0.4 is 0 Å². The van der Waals surface area contributed by atoms with Crippen LogP contribution in [0.1, 0.15) is 32.6 Å². The number of hydrogen-bond acceptors (Lipinski definition) is 4. The van der Waals surface area contributed by atoms with Gasteiger partial charge in [-0.2, -0.15) is 0 Å². The first kappa shape index (κ1) is 12.7. The summed E-state index contributed by atoms with van der Waals surface area (Å²) in [6.45, 7) is 2.89. The molecule has 2 unspecified atom stereocenters. The smallest absolute Gasteiger partial charge is 0.328 e. The lowest BCUT2D eigenvalue weighted by molar-refractivity contribution is -0.152. The molecule has 1 amide bonds. The summed E-state index contributed by atoms with van der Waals surface area (Å²) in [5, 5.41) is 0.0741. The highest BCUT2D eigenvalue weighted by Crippen LogP contribution is 2.30. The largest absolute Gasteiger partial charge is 0.464 e. The zero-order valence-electron chi connectivity index (χ0n) is 10.2. The summed E-state index contributed by atoms with van der Waals surface area (Å²) in [7, 11) is 0. The monoisotopic (exact) mass is 257 g/mol. The van der Waals surface area contributed by atoms with Gasteiger partial charge < -0.3 is 9.64 Å². The first-order valence-electron chi connectivity index (χ1n) is 6.32. The van der Waals surface area contributed by atoms with Crippen LogP contribution in [0.5, 0.6) is 0 Å². The fraction of sp³-hybridized carbons (Fsp3) is 0.833. The Morgan fingerprint density at radius 3 is 2.82 bits per heavy atom. The molecule has 2 aliphatic rings. The lowest BCUT2D eigenvalue weighted by Crippen LogP contribution is -2.44. The van der Waals surface area contributed by atoms with Gasteiger partial charge in [-0.1, -0.05) is 0 Å². The van der Waals surface area contributed by atoms with Crippen molar-refractivity contribution in [2.24, 2.45) is 0 Å². The minimum Gasteiger partial charge on any atom is -0.464 e. The third kappa shape index (κ3) is 2.76. The highest BCUT2D eigenvalue weighted by atomic mass is 32.2. The number of nitrogens with zero attached hydrogens (tertiary/aromatic N) is 1. The Kier molecular flexibility index (Phi) is 4.31. The molecule has 0 aromatic rings. The van der Waals surface area contributed by atoms with E-state index in [2.05, 4.69) is 0 Å². The minimum atomic E-state index is -0.330. The molecule has 17 heavy (non-hydrogen) atoms. The molecule has 2 atom stereocenters. The minimum absolute atomic E-state index is 0.0741. The second-order valence-corrected chi connectivity index (χ2v) is 5.75. The Bertz CT molecular complexity index is 302. The van der Waals surface area contributed by atoms with Gasteiger partial charge in [0, 0.05) is 6.54 Å². The number of likely N-dealkylation sites (tertiary alicyclic amines) is 1. The number of carbonyl (C=O) groups is 2. The Hall–Kier alpha value is -0.710. The SMILES string of the molecule is CCOC(=O)C1CCCN1C(=O)C1CCCS1. The van der Waals surface area contributed by atoms with Crippen molar-refractivity contribution in [3.63, 3.8) is 0 Å². The molecule has 0 N–H and O–H groups in total. The van der Waals surface area contributed by atoms with E-state index in [0.717, 1.165) is 31.4 Å². The fourth-order valence-corrected chi connectivity index (χ4v) is 3.70. The second-order valence-electron chi connectivity index (χ2n) is 4.44. The summed E-state index contributed by atoms with van der Waals surface area (Å²) in [6, 6.07) is -0.330. The molecule has 0 bridgehead atoms. The van der Waals surface area contributed by atoms with E-state index in [1.807, 2.05) is 0 Å². The van der Waals surface area contributed by atoms with Crippen LogP contribution in [0.4, 0.5) is 0 Å². The van der Waals surface area contributed by atoms with E-state index in [9.17, 15) is 9.59 Å². The number of carbonyl (C=O) groups excluding carboxylic acids is 2. The number of thioether (sulfide) groups is 1. The van der Waals surface area contributed by atoms with Crippen molar-refractivity contribution in [2.75, 3.05) is 18.9 Å². The van der Waals surface area contributed by atoms with Gasteiger partial charge in [-0.3, -0.25) is 4.79 Å². The van der Waals surface area contributed by atoms with Crippen LogP contribution in [0.15, 0.2) is 0 Å². The molecular weight excluding hydrogens is 238 g/mol. The van der Waals surface area contributed by atoms with Crippen molar-refractivity contribution >= 4 is 23.6 Å². The average molecular weight is 257 g/mol. The van der Waals surface area contributed by atoms with Crippen LogP contribution in [0, 0.1) is 0 Å². The standard InChI is InChI=1S/C12H19NO3S/c1-2-16-12(15)9-5-3-7-13(9)11(14)10-6-4-8-17-10/h9-10H,2-8H2,1H3. The maximum Gasteiger partial charge on any atom is 0.328 e. The lowest BCUT2D eigenvalue weighted by Gasteiger charge is -2.25. The first-order valence-corrected chi connectivity index (χ1v) is 7.37. The van der Waals surface area contributed by atoms with Gasteiger partial charge in [0.15, 0.2) is 0 Å². The van der Waals surface area contributed by atoms with Gasteiger partial charge in [0.2, 0.25) is 5.91 Å². The maximum absolute atomic E-state index is 12.3. The van der Waals surface area contributed by atoms with Crippen LogP contribution in [0.3, 0.4) is 0 Å². The van der Waals surface area contributed by atoms with Gasteiger partial charge in [-0.15, -0.1) is 11.8 Å². The molecule has 2 heterocycles. The van der Waals surface area contributed by atoms with Crippen molar-refractivity contribution in [1.29, 1.82) is 0 Å². The quantitative estimate of drug-likeness (QED) is 0.718. The molecule has 2 aliphatic heterocycles. The first-order chi connectivity index (χ1) is 8.24.